The molecule has 21 aromatic rings. The smallest absolute Gasteiger partial charge is 0.377 e. The summed E-state index contributed by atoms with van der Waals surface area (Å²) in [6.07, 6.45) is 18.0. The molecule has 490 valence electrons. The molecule has 25 heterocycles. The monoisotopic (exact) mass is 1370 g/mol. The third-order valence-electron chi connectivity index (χ3n) is 20.2. The summed E-state index contributed by atoms with van der Waals surface area (Å²) >= 11 is 1.77. The minimum absolute atomic E-state index is 0.576. The Hall–Kier alpha value is -13.8. The summed E-state index contributed by atoms with van der Waals surface area (Å²) in [5, 5.41) is 23.4. The zero-order valence-corrected chi connectivity index (χ0v) is 55.5. The number of imidazole rings is 3. The summed E-state index contributed by atoms with van der Waals surface area (Å²) in [4.78, 5) is 23.7. The van der Waals surface area contributed by atoms with E-state index in [2.05, 4.69) is 176 Å². The molecule has 0 amide bonds. The lowest BCUT2D eigenvalue weighted by atomic mass is 10.2. The molecule has 5 aliphatic rings. The van der Waals surface area contributed by atoms with Crippen molar-refractivity contribution in [3.63, 3.8) is 0 Å². The summed E-state index contributed by atoms with van der Waals surface area (Å²) in [6.45, 7) is 1.75. The van der Waals surface area contributed by atoms with Crippen molar-refractivity contribution >= 4 is 94.0 Å². The molecule has 0 bridgehead atoms. The van der Waals surface area contributed by atoms with Gasteiger partial charge in [-0.05, 0) is 127 Å². The van der Waals surface area contributed by atoms with Crippen molar-refractivity contribution < 1.29 is 31.4 Å². The molecule has 0 fully saturated rings. The molecular formula is C78H56N23OS+5. The number of fused-ring (bicyclic) bond motifs is 35. The first-order chi connectivity index (χ1) is 52.1. The first kappa shape index (κ1) is 54.1. The van der Waals surface area contributed by atoms with Gasteiger partial charge >= 0.3 is 11.7 Å². The van der Waals surface area contributed by atoms with Crippen LogP contribution in [-0.2, 0) is 46.7 Å². The molecule has 0 saturated carbocycles. The Morgan fingerprint density at radius 3 is 1.49 bits per heavy atom. The highest BCUT2D eigenvalue weighted by molar-refractivity contribution is 7.20. The average molecular weight is 1370 g/mol. The van der Waals surface area contributed by atoms with E-state index in [4.69, 9.17) is 8.53 Å². The van der Waals surface area contributed by atoms with Crippen LogP contribution in [0, 0.1) is 0 Å². The Labute approximate surface area is 590 Å². The van der Waals surface area contributed by atoms with Gasteiger partial charge in [-0.1, -0.05) is 36.4 Å². The van der Waals surface area contributed by atoms with Gasteiger partial charge < -0.3 is 4.42 Å². The maximum Gasteiger partial charge on any atom is 0.402 e. The van der Waals surface area contributed by atoms with Gasteiger partial charge in [-0.3, -0.25) is 0 Å². The zero-order valence-electron chi connectivity index (χ0n) is 57.7. The van der Waals surface area contributed by atoms with E-state index in [1.165, 1.54) is 53.2 Å². The predicted octanol–water partition coefficient (Wildman–Crippen LogP) is 10.1. The highest BCUT2D eigenvalue weighted by Crippen LogP contribution is 2.39. The summed E-state index contributed by atoms with van der Waals surface area (Å²) in [6, 6.07) is 61.4. The molecule has 0 radical (unpaired) electrons. The van der Waals surface area contributed by atoms with Crippen LogP contribution < -0.4 is 22.8 Å². The zero-order chi connectivity index (χ0) is 70.2. The molecule has 0 atom stereocenters. The van der Waals surface area contributed by atoms with Crippen molar-refractivity contribution in [3.05, 3.63) is 272 Å². The Morgan fingerprint density at radius 1 is 0.398 bits per heavy atom. The van der Waals surface area contributed by atoms with Crippen molar-refractivity contribution in [1.29, 1.82) is 0 Å². The Bertz CT molecular complexity index is 7090. The van der Waals surface area contributed by atoms with Gasteiger partial charge in [0.1, 0.15) is 34.7 Å². The fourth-order valence-electron chi connectivity index (χ4n) is 15.8. The number of hydrogen-bond acceptors (Lipinski definition) is 12. The average Bonchev–Trinajstić information content (AvgIpc) is 1.55. The van der Waals surface area contributed by atoms with Gasteiger partial charge in [-0.25, -0.2) is 52.3 Å². The number of benzene rings is 1. The van der Waals surface area contributed by atoms with Crippen LogP contribution in [0.3, 0.4) is 0 Å². The number of oxazole rings is 1. The van der Waals surface area contributed by atoms with Gasteiger partial charge in [-0.2, -0.15) is 33.5 Å². The number of aryl methyl sites for hydroxylation is 2. The van der Waals surface area contributed by atoms with Crippen molar-refractivity contribution in [2.45, 2.75) is 32.7 Å². The van der Waals surface area contributed by atoms with Crippen LogP contribution in [0.5, 0.6) is 0 Å². The summed E-state index contributed by atoms with van der Waals surface area (Å²) in [5.74, 6) is 3.71. The molecule has 25 heteroatoms. The normalized spacial score (nSPS) is 13.5. The summed E-state index contributed by atoms with van der Waals surface area (Å²) in [7, 11) is 2.08. The van der Waals surface area contributed by atoms with E-state index in [0.717, 1.165) is 139 Å². The van der Waals surface area contributed by atoms with Crippen LogP contribution in [0.4, 0.5) is 0 Å². The molecule has 24 nitrogen and oxygen atoms in total. The lowest BCUT2D eigenvalue weighted by Crippen LogP contribution is -2.31. The van der Waals surface area contributed by atoms with Crippen LogP contribution in [0.15, 0.2) is 248 Å². The number of pyridine rings is 5. The maximum atomic E-state index is 8.01. The van der Waals surface area contributed by atoms with Gasteiger partial charge in [0, 0.05) is 96.6 Å². The topological polar surface area (TPSA) is 198 Å². The number of aromatic nitrogens is 23. The minimum atomic E-state index is -2.32. The molecule has 0 unspecified atom stereocenters. The Kier molecular flexibility index (Phi) is 11.5. The van der Waals surface area contributed by atoms with Crippen LogP contribution in [-0.4, -0.2) is 86.7 Å². The quantitative estimate of drug-likeness (QED) is 0.142. The molecule has 5 aliphatic heterocycles. The first-order valence-corrected chi connectivity index (χ1v) is 34.5. The Balaban J connectivity index is 0.0000000830. The number of thiazole rings is 1. The van der Waals surface area contributed by atoms with Crippen molar-refractivity contribution in [2.75, 3.05) is 0 Å². The van der Waals surface area contributed by atoms with Gasteiger partial charge in [0.05, 0.1) is 71.3 Å². The first-order valence-electron chi connectivity index (χ1n) is 35.2. The lowest BCUT2D eigenvalue weighted by Gasteiger charge is -2.01. The van der Waals surface area contributed by atoms with E-state index < -0.39 is 6.98 Å². The molecule has 20 aromatic heterocycles. The number of rotatable bonds is 1. The van der Waals surface area contributed by atoms with Crippen molar-refractivity contribution in [2.24, 2.45) is 14.0 Å². The molecule has 103 heavy (non-hydrogen) atoms. The van der Waals surface area contributed by atoms with Gasteiger partial charge in [0.25, 0.3) is 44.8 Å². The van der Waals surface area contributed by atoms with E-state index >= 15 is 0 Å². The van der Waals surface area contributed by atoms with Crippen molar-refractivity contribution in [3.8, 4) is 62.5 Å². The van der Waals surface area contributed by atoms with Crippen LogP contribution in [0.2, 0.25) is 0 Å². The molecule has 0 N–H and O–H groups in total. The van der Waals surface area contributed by atoms with E-state index in [1.807, 2.05) is 151 Å². The molecule has 26 rings (SSSR count). The van der Waals surface area contributed by atoms with E-state index in [0.29, 0.717) is 18.0 Å². The molecule has 0 spiro atoms. The van der Waals surface area contributed by atoms with E-state index in [-0.39, 0.29) is 0 Å². The van der Waals surface area contributed by atoms with Gasteiger partial charge in [-0.15, -0.1) is 23.8 Å². The molecule has 0 saturated heterocycles. The minimum Gasteiger partial charge on any atom is -0.377 e. The molecular weight excluding hydrogens is 1310 g/mol. The second kappa shape index (κ2) is 21.8. The van der Waals surface area contributed by atoms with Crippen LogP contribution in [0.25, 0.3) is 145 Å². The Morgan fingerprint density at radius 2 is 0.854 bits per heavy atom. The standard InChI is InChI=1S/C20H14N5.2C15H12N5.C14H9N4O.C14H9N4S/c1-2-7-15(8-3-1)24-19-17(12-16-9-5-11-22-25(16)19)23-13-14-6-4-10-21-18(14)20(23)24;2*1-18-14-12(8-11-5-3-7-17-20(11)14)19-9-10-4-2-6-16-13(10)15(18)19;2*1-3-9-8-17-11-7-10-4-2-6-16-18(10)13(11)19-14(17)12(9)15-5-1/h1-12H,13H2;2*2-8H,9H2,1H3;2*1-7H,8H2/q5*+1/i;1D3;;;. The summed E-state index contributed by atoms with van der Waals surface area (Å²) in [5.41, 5.74) is 26.5. The summed E-state index contributed by atoms with van der Waals surface area (Å²) < 4.78 is 56.5. The van der Waals surface area contributed by atoms with E-state index in [1.54, 1.807) is 40.6 Å². The van der Waals surface area contributed by atoms with Gasteiger partial charge in [0.15, 0.2) is 51.6 Å². The fraction of sp³-hybridized carbons (Fsp3) is 0.0897. The largest absolute Gasteiger partial charge is 0.402 e. The predicted molar refractivity (Wildman–Crippen MR) is 384 cm³/mol. The van der Waals surface area contributed by atoms with Crippen LogP contribution >= 0.6 is 11.3 Å². The molecule has 0 aliphatic carbocycles. The highest BCUT2D eigenvalue weighted by atomic mass is 32.1. The third kappa shape index (κ3) is 8.35. The number of hydrogen-bond donors (Lipinski definition) is 0. The third-order valence-corrected chi connectivity index (χ3v) is 21.4. The van der Waals surface area contributed by atoms with Crippen molar-refractivity contribution in [1.82, 2.24) is 86.7 Å². The SMILES string of the molecule is C[n+]1c2n(c3cc4cccnn4c31)Cc1cccnc1-2.[2H]C([2H])([2H])[n+]1c2n(c3cc4cccnn4c31)Cc1cccnc1-2.c1ccc(-n2c3[n+](c4cc5cccnn5c42)Cc2cccnc2-3)cc1.c1cnc2c(c1)C[n+]1c-2oc2c1cc1cccnn12.c1cnc2c(c1)C[n+]1c-2sc2c1cc1cccnn12. The second-order valence-electron chi connectivity index (χ2n) is 25.9. The van der Waals surface area contributed by atoms with Gasteiger partial charge in [0.2, 0.25) is 5.52 Å². The fourth-order valence-corrected chi connectivity index (χ4v) is 17.0. The maximum absolute atomic E-state index is 8.01. The second-order valence-corrected chi connectivity index (χ2v) is 26.8. The lowest BCUT2D eigenvalue weighted by molar-refractivity contribution is -0.649. The number of para-hydroxylation sites is 1. The highest BCUT2D eigenvalue weighted by Gasteiger charge is 2.41. The number of nitrogens with zero attached hydrogens (tertiary/aromatic N) is 23. The van der Waals surface area contributed by atoms with E-state index in [9.17, 15) is 0 Å². The van der Waals surface area contributed by atoms with Crippen LogP contribution in [0.1, 0.15) is 31.9 Å². The molecule has 1 aromatic carbocycles.